The van der Waals surface area contributed by atoms with E-state index in [2.05, 4.69) is 52.0 Å². The fraction of sp³-hybridized carbons (Fsp3) is 0.273. The Morgan fingerprint density at radius 1 is 0.741 bits per heavy atom. The maximum absolute atomic E-state index is 5.76. The van der Waals surface area contributed by atoms with Crippen LogP contribution in [0.5, 0.6) is 0 Å². The zero-order chi connectivity index (χ0) is 17.6. The number of furan rings is 2. The Labute approximate surface area is 184 Å². The molecule has 2 aromatic rings. The third kappa shape index (κ3) is 4.06. The molecule has 4 rings (SSSR count). The Morgan fingerprint density at radius 3 is 1.48 bits per heavy atom. The van der Waals surface area contributed by atoms with Gasteiger partial charge in [0.2, 0.25) is 0 Å². The van der Waals surface area contributed by atoms with E-state index in [1.807, 2.05) is 12.1 Å². The second-order valence-corrected chi connectivity index (χ2v) is 10.2. The summed E-state index contributed by atoms with van der Waals surface area (Å²) in [5.41, 5.74) is 5.42. The van der Waals surface area contributed by atoms with E-state index in [1.54, 1.807) is 19.1 Å². The first-order valence-electron chi connectivity index (χ1n) is 8.77. The quantitative estimate of drug-likeness (QED) is 0.629. The number of hydrogen-bond donors (Lipinski definition) is 0. The Bertz CT molecular complexity index is 839. The van der Waals surface area contributed by atoms with Crippen molar-refractivity contribution in [1.82, 2.24) is 0 Å². The monoisotopic (exact) mass is 478 g/mol. The predicted molar refractivity (Wildman–Crippen MR) is 97.1 cm³/mol. The molecule has 140 valence electrons. The largest absolute Gasteiger partial charge is 1.00 e. The van der Waals surface area contributed by atoms with Crippen molar-refractivity contribution in [2.24, 2.45) is 11.8 Å². The second kappa shape index (κ2) is 8.99. The molecule has 0 radical (unpaired) electrons. The van der Waals surface area contributed by atoms with Crippen LogP contribution in [0.2, 0.25) is 0 Å². The summed E-state index contributed by atoms with van der Waals surface area (Å²) in [6.07, 6.45) is 8.33. The zero-order valence-corrected chi connectivity index (χ0v) is 19.8. The standard InChI is InChI=1S/2C11H11O.2ClH.Zr/c2*1-8-6-9(2)10(7-8)11-4-3-5-12-11;;;/h2*3-6,8H,1-2H3;2*1H;/q;;;;+2/p-2. The van der Waals surface area contributed by atoms with Crippen LogP contribution in [0.4, 0.5) is 0 Å². The van der Waals surface area contributed by atoms with E-state index in [4.69, 9.17) is 8.83 Å². The van der Waals surface area contributed by atoms with Crippen molar-refractivity contribution in [3.05, 3.63) is 78.2 Å². The van der Waals surface area contributed by atoms with E-state index in [9.17, 15) is 0 Å². The summed E-state index contributed by atoms with van der Waals surface area (Å²) in [6.45, 7) is 9.07. The summed E-state index contributed by atoms with van der Waals surface area (Å²) in [5.74, 6) is 3.05. The Kier molecular flexibility index (Phi) is 7.42. The molecule has 5 heteroatoms. The Balaban J connectivity index is 0.00000131. The number of halogens is 2. The third-order valence-electron chi connectivity index (χ3n) is 5.04. The van der Waals surface area contributed by atoms with E-state index in [0.717, 1.165) is 11.5 Å². The molecule has 27 heavy (non-hydrogen) atoms. The molecular weight excluding hydrogens is 458 g/mol. The van der Waals surface area contributed by atoms with Crippen LogP contribution >= 0.6 is 0 Å². The predicted octanol–water partition coefficient (Wildman–Crippen LogP) is 0.278. The minimum absolute atomic E-state index is 0. The van der Waals surface area contributed by atoms with E-state index in [-0.39, 0.29) is 24.8 Å². The molecule has 0 saturated heterocycles. The van der Waals surface area contributed by atoms with Crippen molar-refractivity contribution in [3.8, 4) is 0 Å². The van der Waals surface area contributed by atoms with Crippen molar-refractivity contribution in [2.75, 3.05) is 0 Å². The Morgan fingerprint density at radius 2 is 1.15 bits per heavy atom. The van der Waals surface area contributed by atoms with Gasteiger partial charge in [-0.3, -0.25) is 0 Å². The molecule has 2 atom stereocenters. The van der Waals surface area contributed by atoms with Gasteiger partial charge in [0, 0.05) is 0 Å². The van der Waals surface area contributed by atoms with E-state index >= 15 is 0 Å². The first-order chi connectivity index (χ1) is 12.1. The summed E-state index contributed by atoms with van der Waals surface area (Å²) < 4.78 is 14.7. The van der Waals surface area contributed by atoms with Gasteiger partial charge in [-0.15, -0.1) is 0 Å². The minimum Gasteiger partial charge on any atom is -1.00 e. The van der Waals surface area contributed by atoms with Crippen molar-refractivity contribution >= 4 is 11.1 Å². The van der Waals surface area contributed by atoms with Crippen molar-refractivity contribution < 1.29 is 56.9 Å². The summed E-state index contributed by atoms with van der Waals surface area (Å²) >= 11 is -0.947. The fourth-order valence-corrected chi connectivity index (χ4v) is 8.39. The molecule has 2 heterocycles. The van der Waals surface area contributed by atoms with Crippen LogP contribution in [-0.2, 0) is 23.2 Å². The molecule has 0 aromatic carbocycles. The molecule has 0 aliphatic heterocycles. The zero-order valence-electron chi connectivity index (χ0n) is 15.8. The molecule has 0 N–H and O–H groups in total. The number of hydrogen-bond acceptors (Lipinski definition) is 2. The van der Waals surface area contributed by atoms with Gasteiger partial charge < -0.3 is 24.8 Å². The Hall–Kier alpha value is -1.02. The van der Waals surface area contributed by atoms with Crippen LogP contribution in [0.15, 0.2) is 75.5 Å². The summed E-state index contributed by atoms with van der Waals surface area (Å²) in [7, 11) is 0. The number of allylic oxidation sites excluding steroid dienone is 8. The van der Waals surface area contributed by atoms with E-state index in [0.29, 0.717) is 11.8 Å². The van der Waals surface area contributed by atoms with Crippen LogP contribution in [0.25, 0.3) is 11.1 Å². The SMILES string of the molecule is CC1=CC(C)[C]([Zr+2][C]2=C(c3ccco3)C(C)=CC2C)=C1c1ccco1.[Cl-].[Cl-]. The smallest absolute Gasteiger partial charge is 1.00 e. The minimum atomic E-state index is -0.947. The van der Waals surface area contributed by atoms with Crippen molar-refractivity contribution in [1.29, 1.82) is 0 Å². The van der Waals surface area contributed by atoms with E-state index < -0.39 is 23.2 Å². The second-order valence-electron chi connectivity index (χ2n) is 6.93. The van der Waals surface area contributed by atoms with Gasteiger partial charge in [-0.05, 0) is 0 Å². The summed E-state index contributed by atoms with van der Waals surface area (Å²) in [4.78, 5) is 0. The topological polar surface area (TPSA) is 26.3 Å². The molecule has 0 saturated carbocycles. The van der Waals surface area contributed by atoms with Gasteiger partial charge in [-0.1, -0.05) is 0 Å². The van der Waals surface area contributed by atoms with Gasteiger partial charge in [-0.2, -0.15) is 0 Å². The molecule has 0 bridgehead atoms. The molecule has 2 aromatic heterocycles. The molecule has 2 nitrogen and oxygen atoms in total. The number of rotatable bonds is 4. The first-order valence-corrected chi connectivity index (χ1v) is 11.2. The summed E-state index contributed by atoms with van der Waals surface area (Å²) in [6, 6.07) is 8.15. The van der Waals surface area contributed by atoms with Crippen LogP contribution in [0.3, 0.4) is 0 Å². The van der Waals surface area contributed by atoms with Gasteiger partial charge in [0.05, 0.1) is 0 Å². The van der Waals surface area contributed by atoms with Gasteiger partial charge in [-0.25, -0.2) is 0 Å². The van der Waals surface area contributed by atoms with Crippen molar-refractivity contribution in [3.63, 3.8) is 0 Å². The van der Waals surface area contributed by atoms with Gasteiger partial charge in [0.15, 0.2) is 0 Å². The molecule has 2 unspecified atom stereocenters. The van der Waals surface area contributed by atoms with Crippen LogP contribution in [0.1, 0.15) is 39.2 Å². The van der Waals surface area contributed by atoms with Gasteiger partial charge in [0.25, 0.3) is 0 Å². The van der Waals surface area contributed by atoms with E-state index in [1.165, 1.54) is 22.3 Å². The maximum atomic E-state index is 5.76. The first kappa shape index (κ1) is 22.3. The average Bonchev–Trinajstić information content (AvgIpc) is 3.31. The summed E-state index contributed by atoms with van der Waals surface area (Å²) in [5, 5.41) is 0. The molecule has 0 amide bonds. The maximum Gasteiger partial charge on any atom is -1.00 e. The van der Waals surface area contributed by atoms with Gasteiger partial charge >= 0.3 is 161 Å². The fourth-order valence-electron chi connectivity index (χ4n) is 3.96. The van der Waals surface area contributed by atoms with Crippen molar-refractivity contribution in [2.45, 2.75) is 27.7 Å². The van der Waals surface area contributed by atoms with Crippen LogP contribution in [-0.4, -0.2) is 0 Å². The van der Waals surface area contributed by atoms with Gasteiger partial charge in [0.1, 0.15) is 0 Å². The molecule has 2 aliphatic rings. The average molecular weight is 481 g/mol. The molecular formula is C22H22Cl2O2Zr. The molecule has 0 spiro atoms. The normalized spacial score (nSPS) is 21.5. The third-order valence-corrected chi connectivity index (χ3v) is 9.83. The van der Waals surface area contributed by atoms with Crippen LogP contribution < -0.4 is 24.8 Å². The van der Waals surface area contributed by atoms with Crippen LogP contribution in [0, 0.1) is 11.8 Å². The molecule has 2 aliphatic carbocycles. The molecule has 0 fully saturated rings.